The molecule has 1 aromatic rings. The van der Waals surface area contributed by atoms with Crippen molar-refractivity contribution < 1.29 is 9.59 Å². The highest BCUT2D eigenvalue weighted by Gasteiger charge is 2.24. The largest absolute Gasteiger partial charge is 0.351 e. The van der Waals surface area contributed by atoms with Crippen LogP contribution in [0.2, 0.25) is 0 Å². The van der Waals surface area contributed by atoms with Gasteiger partial charge in [-0.1, -0.05) is 12.8 Å². The number of thiophene rings is 1. The minimum absolute atomic E-state index is 0.00151. The number of carbonyl (C=O) groups excluding carboxylic acids is 2. The molecule has 6 heteroatoms. The van der Waals surface area contributed by atoms with Gasteiger partial charge in [-0.05, 0) is 30.2 Å². The Morgan fingerprint density at radius 3 is 2.58 bits per heavy atom. The molecule has 1 saturated heterocycles. The van der Waals surface area contributed by atoms with Crippen LogP contribution in [0, 0.1) is 5.92 Å². The highest BCUT2D eigenvalue weighted by Crippen LogP contribution is 2.28. The summed E-state index contributed by atoms with van der Waals surface area (Å²) in [5, 5.41) is 6.74. The SMILES string of the molecule is O=C(NCCN1CCN(C(=O)CC2CCCC2)CC1)c1ccsc1. The summed E-state index contributed by atoms with van der Waals surface area (Å²) in [7, 11) is 0. The molecule has 0 bridgehead atoms. The van der Waals surface area contributed by atoms with E-state index in [2.05, 4.69) is 10.2 Å². The van der Waals surface area contributed by atoms with Crippen LogP contribution in [0.25, 0.3) is 0 Å². The average molecular weight is 350 g/mol. The molecule has 0 radical (unpaired) electrons. The molecule has 0 spiro atoms. The molecule has 132 valence electrons. The van der Waals surface area contributed by atoms with Gasteiger partial charge in [-0.3, -0.25) is 14.5 Å². The van der Waals surface area contributed by atoms with E-state index in [4.69, 9.17) is 0 Å². The van der Waals surface area contributed by atoms with Gasteiger partial charge in [0.15, 0.2) is 0 Å². The van der Waals surface area contributed by atoms with Crippen LogP contribution in [-0.4, -0.2) is 60.9 Å². The summed E-state index contributed by atoms with van der Waals surface area (Å²) in [5.41, 5.74) is 0.738. The van der Waals surface area contributed by atoms with Crippen molar-refractivity contribution in [3.8, 4) is 0 Å². The van der Waals surface area contributed by atoms with Crippen molar-refractivity contribution in [2.24, 2.45) is 5.92 Å². The highest BCUT2D eigenvalue weighted by molar-refractivity contribution is 7.08. The predicted molar refractivity (Wildman–Crippen MR) is 96.2 cm³/mol. The monoisotopic (exact) mass is 349 g/mol. The van der Waals surface area contributed by atoms with Crippen molar-refractivity contribution in [3.63, 3.8) is 0 Å². The Bertz CT molecular complexity index is 532. The molecule has 1 aromatic heterocycles. The number of hydrogen-bond donors (Lipinski definition) is 1. The number of amides is 2. The zero-order valence-corrected chi connectivity index (χ0v) is 15.0. The van der Waals surface area contributed by atoms with Crippen LogP contribution in [-0.2, 0) is 4.79 Å². The number of nitrogens with one attached hydrogen (secondary N) is 1. The van der Waals surface area contributed by atoms with Crippen LogP contribution in [0.3, 0.4) is 0 Å². The van der Waals surface area contributed by atoms with Crippen molar-refractivity contribution >= 4 is 23.2 Å². The van der Waals surface area contributed by atoms with Gasteiger partial charge in [0.25, 0.3) is 5.91 Å². The summed E-state index contributed by atoms with van der Waals surface area (Å²) in [6, 6.07) is 1.84. The Labute approximate surface area is 148 Å². The molecule has 1 aliphatic heterocycles. The van der Waals surface area contributed by atoms with Crippen LogP contribution in [0.15, 0.2) is 16.8 Å². The molecular formula is C18H27N3O2S. The third-order valence-corrected chi connectivity index (χ3v) is 5.84. The topological polar surface area (TPSA) is 52.7 Å². The van der Waals surface area contributed by atoms with E-state index in [9.17, 15) is 9.59 Å². The molecule has 1 N–H and O–H groups in total. The fourth-order valence-electron chi connectivity index (χ4n) is 3.63. The standard InChI is InChI=1S/C18H27N3O2S/c22-17(13-15-3-1-2-4-15)21-10-8-20(9-11-21)7-6-19-18(23)16-5-12-24-14-16/h5,12,14-15H,1-4,6-11,13H2,(H,19,23). The van der Waals surface area contributed by atoms with Gasteiger partial charge in [0.05, 0.1) is 0 Å². The van der Waals surface area contributed by atoms with Crippen molar-refractivity contribution in [3.05, 3.63) is 22.4 Å². The van der Waals surface area contributed by atoms with Crippen LogP contribution >= 0.6 is 11.3 Å². The lowest BCUT2D eigenvalue weighted by atomic mass is 10.0. The predicted octanol–water partition coefficient (Wildman–Crippen LogP) is 2.20. The van der Waals surface area contributed by atoms with Crippen LogP contribution in [0.4, 0.5) is 0 Å². The van der Waals surface area contributed by atoms with E-state index >= 15 is 0 Å². The molecule has 0 atom stereocenters. The average Bonchev–Trinajstić information content (AvgIpc) is 3.29. The van der Waals surface area contributed by atoms with Crippen LogP contribution in [0.5, 0.6) is 0 Å². The van der Waals surface area contributed by atoms with Gasteiger partial charge in [-0.2, -0.15) is 11.3 Å². The molecule has 3 rings (SSSR count). The van der Waals surface area contributed by atoms with E-state index < -0.39 is 0 Å². The van der Waals surface area contributed by atoms with E-state index in [0.29, 0.717) is 18.4 Å². The van der Waals surface area contributed by atoms with E-state index in [1.807, 2.05) is 21.7 Å². The van der Waals surface area contributed by atoms with Crippen molar-refractivity contribution in [2.45, 2.75) is 32.1 Å². The van der Waals surface area contributed by atoms with Gasteiger partial charge < -0.3 is 10.2 Å². The maximum Gasteiger partial charge on any atom is 0.252 e. The summed E-state index contributed by atoms with van der Waals surface area (Å²) >= 11 is 1.53. The quantitative estimate of drug-likeness (QED) is 0.857. The Kier molecular flexibility index (Phi) is 6.26. The van der Waals surface area contributed by atoms with E-state index in [1.165, 1.54) is 37.0 Å². The maximum atomic E-state index is 12.3. The third kappa shape index (κ3) is 4.80. The Balaban J connectivity index is 1.31. The lowest BCUT2D eigenvalue weighted by Gasteiger charge is -2.35. The van der Waals surface area contributed by atoms with E-state index in [-0.39, 0.29) is 5.91 Å². The summed E-state index contributed by atoms with van der Waals surface area (Å²) in [5.74, 6) is 0.969. The second kappa shape index (κ2) is 8.62. The summed E-state index contributed by atoms with van der Waals surface area (Å²) in [6.07, 6.45) is 5.80. The number of carbonyl (C=O) groups is 2. The van der Waals surface area contributed by atoms with Crippen molar-refractivity contribution in [2.75, 3.05) is 39.3 Å². The molecule has 2 aliphatic rings. The number of hydrogen-bond acceptors (Lipinski definition) is 4. The first kappa shape index (κ1) is 17.4. The molecule has 1 aliphatic carbocycles. The molecule has 24 heavy (non-hydrogen) atoms. The second-order valence-electron chi connectivity index (χ2n) is 6.84. The zero-order chi connectivity index (χ0) is 16.8. The molecule has 2 fully saturated rings. The van der Waals surface area contributed by atoms with Crippen LogP contribution < -0.4 is 5.32 Å². The summed E-state index contributed by atoms with van der Waals surface area (Å²) in [6.45, 7) is 4.97. The molecule has 0 unspecified atom stereocenters. The molecule has 5 nitrogen and oxygen atoms in total. The van der Waals surface area contributed by atoms with Gasteiger partial charge in [-0.15, -0.1) is 0 Å². The van der Waals surface area contributed by atoms with Crippen molar-refractivity contribution in [1.82, 2.24) is 15.1 Å². The maximum absolute atomic E-state index is 12.3. The Morgan fingerprint density at radius 1 is 1.17 bits per heavy atom. The summed E-state index contributed by atoms with van der Waals surface area (Å²) < 4.78 is 0. The highest BCUT2D eigenvalue weighted by atomic mass is 32.1. The first-order valence-corrected chi connectivity index (χ1v) is 9.97. The fourth-order valence-corrected chi connectivity index (χ4v) is 4.27. The van der Waals surface area contributed by atoms with E-state index in [0.717, 1.165) is 44.7 Å². The van der Waals surface area contributed by atoms with Crippen molar-refractivity contribution in [1.29, 1.82) is 0 Å². The zero-order valence-electron chi connectivity index (χ0n) is 14.2. The first-order chi connectivity index (χ1) is 11.7. The third-order valence-electron chi connectivity index (χ3n) is 5.16. The molecule has 0 aromatic carbocycles. The molecule has 1 saturated carbocycles. The minimum atomic E-state index is 0.00151. The van der Waals surface area contributed by atoms with E-state index in [1.54, 1.807) is 0 Å². The van der Waals surface area contributed by atoms with Gasteiger partial charge in [0.1, 0.15) is 0 Å². The smallest absolute Gasteiger partial charge is 0.252 e. The van der Waals surface area contributed by atoms with Crippen LogP contribution in [0.1, 0.15) is 42.5 Å². The summed E-state index contributed by atoms with van der Waals surface area (Å²) in [4.78, 5) is 28.6. The Morgan fingerprint density at radius 2 is 1.92 bits per heavy atom. The molecular weight excluding hydrogens is 322 g/mol. The molecule has 2 heterocycles. The molecule has 2 amide bonds. The van der Waals surface area contributed by atoms with Gasteiger partial charge in [0, 0.05) is 56.6 Å². The minimum Gasteiger partial charge on any atom is -0.351 e. The lowest BCUT2D eigenvalue weighted by molar-refractivity contribution is -0.133. The number of piperazine rings is 1. The second-order valence-corrected chi connectivity index (χ2v) is 7.62. The number of rotatable bonds is 6. The van der Waals surface area contributed by atoms with Gasteiger partial charge in [-0.25, -0.2) is 0 Å². The van der Waals surface area contributed by atoms with Gasteiger partial charge >= 0.3 is 0 Å². The first-order valence-electron chi connectivity index (χ1n) is 9.03. The Hall–Kier alpha value is -1.40. The fraction of sp³-hybridized carbons (Fsp3) is 0.667. The van der Waals surface area contributed by atoms with Gasteiger partial charge in [0.2, 0.25) is 5.91 Å². The number of nitrogens with zero attached hydrogens (tertiary/aromatic N) is 2. The lowest BCUT2D eigenvalue weighted by Crippen LogP contribution is -2.50. The normalized spacial score (nSPS) is 19.6.